The Morgan fingerprint density at radius 2 is 2.30 bits per heavy atom. The van der Waals surface area contributed by atoms with Crippen molar-refractivity contribution in [1.82, 2.24) is 29.5 Å². The molecule has 0 radical (unpaired) electrons. The molecule has 3 aromatic rings. The monoisotopic (exact) mass is 362 g/mol. The predicted octanol–water partition coefficient (Wildman–Crippen LogP) is 1.50. The number of hydrogen-bond acceptors (Lipinski definition) is 7. The summed E-state index contributed by atoms with van der Waals surface area (Å²) in [5.41, 5.74) is 1.64. The van der Waals surface area contributed by atoms with E-state index in [1.165, 1.54) is 0 Å². The number of likely N-dealkylation sites (tertiary alicyclic amines) is 1. The van der Waals surface area contributed by atoms with Crippen LogP contribution in [0.1, 0.15) is 19.3 Å². The van der Waals surface area contributed by atoms with Gasteiger partial charge in [0.2, 0.25) is 5.91 Å². The summed E-state index contributed by atoms with van der Waals surface area (Å²) >= 11 is 0. The van der Waals surface area contributed by atoms with Crippen molar-refractivity contribution >= 4 is 17.2 Å². The molecule has 1 N–H and O–H groups in total. The van der Waals surface area contributed by atoms with E-state index < -0.39 is 0 Å². The number of fused-ring (bicyclic) bond motifs is 1. The van der Waals surface area contributed by atoms with Gasteiger partial charge in [-0.2, -0.15) is 10.4 Å². The third-order valence-corrected chi connectivity index (χ3v) is 4.58. The lowest BCUT2D eigenvalue weighted by atomic mass is 10.1. The van der Waals surface area contributed by atoms with Crippen LogP contribution in [0.25, 0.3) is 16.9 Å². The molecule has 1 amide bonds. The molecular weight excluding hydrogens is 344 g/mol. The smallest absolute Gasteiger partial charge is 0.236 e. The van der Waals surface area contributed by atoms with E-state index in [2.05, 4.69) is 25.4 Å². The van der Waals surface area contributed by atoms with E-state index in [0.717, 1.165) is 23.9 Å². The zero-order valence-electron chi connectivity index (χ0n) is 14.6. The molecule has 136 valence electrons. The highest BCUT2D eigenvalue weighted by Crippen LogP contribution is 2.22. The Hall–Kier alpha value is -3.54. The predicted molar refractivity (Wildman–Crippen MR) is 97.5 cm³/mol. The Bertz CT molecular complexity index is 1010. The Morgan fingerprint density at radius 1 is 1.37 bits per heavy atom. The highest BCUT2D eigenvalue weighted by Gasteiger charge is 2.23. The van der Waals surface area contributed by atoms with Gasteiger partial charge in [-0.1, -0.05) is 0 Å². The minimum atomic E-state index is -0.119. The average Bonchev–Trinajstić information content (AvgIpc) is 3.13. The van der Waals surface area contributed by atoms with Crippen LogP contribution in [0.3, 0.4) is 0 Å². The number of carbonyl (C=O) groups excluding carboxylic acids is 1. The summed E-state index contributed by atoms with van der Waals surface area (Å²) in [6.07, 6.45) is 10.4. The summed E-state index contributed by atoms with van der Waals surface area (Å²) in [4.78, 5) is 26.8. The molecular formula is C18H18N8O. The van der Waals surface area contributed by atoms with Crippen LogP contribution < -0.4 is 5.32 Å². The highest BCUT2D eigenvalue weighted by atomic mass is 16.2. The number of aromatic nitrogens is 5. The molecule has 1 atom stereocenters. The number of hydrogen-bond donors (Lipinski definition) is 1. The number of nitrogens with zero attached hydrogens (tertiary/aromatic N) is 7. The molecule has 9 nitrogen and oxygen atoms in total. The van der Waals surface area contributed by atoms with E-state index in [-0.39, 0.29) is 18.4 Å². The van der Waals surface area contributed by atoms with Crippen molar-refractivity contribution in [1.29, 1.82) is 5.26 Å². The van der Waals surface area contributed by atoms with Crippen molar-refractivity contribution in [3.8, 4) is 17.5 Å². The average molecular weight is 362 g/mol. The molecule has 1 saturated heterocycles. The molecule has 0 aromatic carbocycles. The first-order valence-corrected chi connectivity index (χ1v) is 8.76. The number of carbonyl (C=O) groups is 1. The number of nitrogens with one attached hydrogen (secondary N) is 1. The summed E-state index contributed by atoms with van der Waals surface area (Å²) in [5, 5.41) is 16.4. The van der Waals surface area contributed by atoms with Gasteiger partial charge in [0.25, 0.3) is 0 Å². The number of anilines is 1. The van der Waals surface area contributed by atoms with E-state index in [1.54, 1.807) is 40.4 Å². The SMILES string of the molecule is N#CCC(=O)N1CCCC(Nc2ccnc(-c3cnn4ccncc34)n2)C1. The van der Waals surface area contributed by atoms with E-state index in [0.29, 0.717) is 24.7 Å². The van der Waals surface area contributed by atoms with E-state index in [4.69, 9.17) is 5.26 Å². The minimum absolute atomic E-state index is 0.0762. The lowest BCUT2D eigenvalue weighted by Crippen LogP contribution is -2.45. The second-order valence-electron chi connectivity index (χ2n) is 6.39. The maximum absolute atomic E-state index is 12.0. The molecule has 4 heterocycles. The fourth-order valence-corrected chi connectivity index (χ4v) is 3.29. The van der Waals surface area contributed by atoms with Crippen LogP contribution in [0.5, 0.6) is 0 Å². The topological polar surface area (TPSA) is 112 Å². The van der Waals surface area contributed by atoms with Gasteiger partial charge in [-0.05, 0) is 18.9 Å². The van der Waals surface area contributed by atoms with Gasteiger partial charge in [0.15, 0.2) is 5.82 Å². The molecule has 27 heavy (non-hydrogen) atoms. The van der Waals surface area contributed by atoms with E-state index >= 15 is 0 Å². The molecule has 0 aliphatic carbocycles. The maximum Gasteiger partial charge on any atom is 0.236 e. The van der Waals surface area contributed by atoms with Crippen LogP contribution in [-0.4, -0.2) is 54.5 Å². The maximum atomic E-state index is 12.0. The molecule has 1 unspecified atom stereocenters. The van der Waals surface area contributed by atoms with Gasteiger partial charge in [-0.25, -0.2) is 14.5 Å². The van der Waals surface area contributed by atoms with Gasteiger partial charge in [0.05, 0.1) is 29.5 Å². The van der Waals surface area contributed by atoms with Crippen LogP contribution in [0.2, 0.25) is 0 Å². The fraction of sp³-hybridized carbons (Fsp3) is 0.333. The van der Waals surface area contributed by atoms with Crippen LogP contribution in [0, 0.1) is 11.3 Å². The molecule has 4 rings (SSSR count). The van der Waals surface area contributed by atoms with Gasteiger partial charge >= 0.3 is 0 Å². The van der Waals surface area contributed by atoms with Gasteiger partial charge in [-0.15, -0.1) is 0 Å². The molecule has 1 aliphatic rings. The van der Waals surface area contributed by atoms with Crippen molar-refractivity contribution in [3.63, 3.8) is 0 Å². The number of nitriles is 1. The zero-order chi connectivity index (χ0) is 18.6. The van der Waals surface area contributed by atoms with Gasteiger partial charge in [-0.3, -0.25) is 9.78 Å². The van der Waals surface area contributed by atoms with Crippen LogP contribution >= 0.6 is 0 Å². The summed E-state index contributed by atoms with van der Waals surface area (Å²) in [7, 11) is 0. The number of amides is 1. The van der Waals surface area contributed by atoms with Gasteiger partial charge < -0.3 is 10.2 Å². The molecule has 3 aromatic heterocycles. The summed E-state index contributed by atoms with van der Waals surface area (Å²) in [5.74, 6) is 1.14. The van der Waals surface area contributed by atoms with Crippen LogP contribution in [-0.2, 0) is 4.79 Å². The van der Waals surface area contributed by atoms with Gasteiger partial charge in [0, 0.05) is 37.7 Å². The molecule has 0 saturated carbocycles. The molecule has 1 fully saturated rings. The Balaban J connectivity index is 1.51. The van der Waals surface area contributed by atoms with Crippen LogP contribution in [0.4, 0.5) is 5.82 Å². The quantitative estimate of drug-likeness (QED) is 0.748. The standard InChI is InChI=1S/C18H18N8O/c19-5-3-17(27)25-8-1-2-13(12-25)23-16-4-6-21-18(24-16)14-10-22-26-9-7-20-11-15(14)26/h4,6-7,9-11,13H,1-3,8,12H2,(H,21,23,24). The number of rotatable bonds is 4. The Kier molecular flexibility index (Phi) is 4.61. The first kappa shape index (κ1) is 16.9. The number of piperidine rings is 1. The summed E-state index contributed by atoms with van der Waals surface area (Å²) in [6, 6.07) is 3.82. The van der Waals surface area contributed by atoms with E-state index in [9.17, 15) is 4.79 Å². The largest absolute Gasteiger partial charge is 0.365 e. The Labute approximate surface area is 155 Å². The Morgan fingerprint density at radius 3 is 3.19 bits per heavy atom. The minimum Gasteiger partial charge on any atom is -0.365 e. The van der Waals surface area contributed by atoms with E-state index in [1.807, 2.05) is 12.1 Å². The van der Waals surface area contributed by atoms with Crippen molar-refractivity contribution in [2.75, 3.05) is 18.4 Å². The molecule has 0 bridgehead atoms. The lowest BCUT2D eigenvalue weighted by molar-refractivity contribution is -0.131. The van der Waals surface area contributed by atoms with Gasteiger partial charge in [0.1, 0.15) is 12.2 Å². The fourth-order valence-electron chi connectivity index (χ4n) is 3.29. The molecule has 1 aliphatic heterocycles. The third-order valence-electron chi connectivity index (χ3n) is 4.58. The highest BCUT2D eigenvalue weighted by molar-refractivity contribution is 5.78. The first-order chi connectivity index (χ1) is 13.2. The van der Waals surface area contributed by atoms with Crippen molar-refractivity contribution in [3.05, 3.63) is 37.1 Å². The normalized spacial score (nSPS) is 16.9. The lowest BCUT2D eigenvalue weighted by Gasteiger charge is -2.33. The zero-order valence-corrected chi connectivity index (χ0v) is 14.6. The summed E-state index contributed by atoms with van der Waals surface area (Å²) in [6.45, 7) is 1.27. The van der Waals surface area contributed by atoms with Crippen molar-refractivity contribution in [2.45, 2.75) is 25.3 Å². The second kappa shape index (κ2) is 7.37. The summed E-state index contributed by atoms with van der Waals surface area (Å²) < 4.78 is 1.73. The second-order valence-corrected chi connectivity index (χ2v) is 6.39. The molecule has 9 heteroatoms. The third kappa shape index (κ3) is 3.55. The van der Waals surface area contributed by atoms with Crippen molar-refractivity contribution in [2.24, 2.45) is 0 Å². The molecule has 0 spiro atoms. The first-order valence-electron chi connectivity index (χ1n) is 8.76. The van der Waals surface area contributed by atoms with Crippen molar-refractivity contribution < 1.29 is 4.79 Å². The van der Waals surface area contributed by atoms with Crippen LogP contribution in [0.15, 0.2) is 37.1 Å².